The van der Waals surface area contributed by atoms with E-state index in [4.69, 9.17) is 4.42 Å². The Morgan fingerprint density at radius 1 is 0.923 bits per heavy atom. The smallest absolute Gasteiger partial charge is 0.171 e. The Labute approximate surface area is 153 Å². The van der Waals surface area contributed by atoms with E-state index in [1.54, 1.807) is 6.07 Å². The topological polar surface area (TPSA) is 13.1 Å². The first kappa shape index (κ1) is 17.5. The first-order valence-corrected chi connectivity index (χ1v) is 9.96. The van der Waals surface area contributed by atoms with E-state index in [0.717, 1.165) is 24.8 Å². The predicted octanol–water partition coefficient (Wildman–Crippen LogP) is 7.50. The molecule has 1 fully saturated rings. The van der Waals surface area contributed by atoms with Crippen molar-refractivity contribution in [3.8, 4) is 0 Å². The van der Waals surface area contributed by atoms with E-state index < -0.39 is 0 Å². The molecule has 2 unspecified atom stereocenters. The largest absolute Gasteiger partial charge is 0.450 e. The second-order valence-electron chi connectivity index (χ2n) is 7.78. The number of furan rings is 1. The highest BCUT2D eigenvalue weighted by Gasteiger charge is 2.29. The summed E-state index contributed by atoms with van der Waals surface area (Å²) in [5.41, 5.74) is 1.78. The molecule has 0 N–H and O–H groups in total. The molecular formula is C23H26F2O. The number of fused-ring (bicyclic) bond motifs is 3. The Bertz CT molecular complexity index is 940. The van der Waals surface area contributed by atoms with E-state index in [1.807, 2.05) is 25.1 Å². The van der Waals surface area contributed by atoms with Crippen LogP contribution in [0.4, 0.5) is 8.78 Å². The van der Waals surface area contributed by atoms with Crippen molar-refractivity contribution in [1.29, 1.82) is 0 Å². The van der Waals surface area contributed by atoms with Crippen LogP contribution in [0.3, 0.4) is 0 Å². The number of halogens is 2. The molecule has 1 saturated carbocycles. The molecule has 0 saturated heterocycles. The van der Waals surface area contributed by atoms with Gasteiger partial charge in [-0.1, -0.05) is 45.2 Å². The third kappa shape index (κ3) is 2.82. The summed E-state index contributed by atoms with van der Waals surface area (Å²) in [5, 5.41) is 1.34. The lowest BCUT2D eigenvalue weighted by atomic mass is 9.93. The highest BCUT2D eigenvalue weighted by Crippen LogP contribution is 2.43. The minimum Gasteiger partial charge on any atom is -0.450 e. The second kappa shape index (κ2) is 7.02. The molecule has 1 aliphatic rings. The average molecular weight is 356 g/mol. The summed E-state index contributed by atoms with van der Waals surface area (Å²) in [7, 11) is 0. The Morgan fingerprint density at radius 3 is 2.38 bits per heavy atom. The monoisotopic (exact) mass is 356 g/mol. The SMILES string of the molecule is CCCc1ccc2c(oc3c(F)c(C4CCC(CCC)C4)ccc32)c1F. The van der Waals surface area contributed by atoms with E-state index in [-0.39, 0.29) is 28.7 Å². The summed E-state index contributed by atoms with van der Waals surface area (Å²) in [5.74, 6) is 0.317. The van der Waals surface area contributed by atoms with Gasteiger partial charge < -0.3 is 4.42 Å². The van der Waals surface area contributed by atoms with Crippen LogP contribution in [0.15, 0.2) is 28.7 Å². The lowest BCUT2D eigenvalue weighted by molar-refractivity contribution is 0.484. The Morgan fingerprint density at radius 2 is 1.65 bits per heavy atom. The standard InChI is InChI=1S/C23H26F2O/c1-3-5-14-7-8-16(13-14)17-11-12-19-18-10-9-15(6-4-2)20(24)22(18)26-23(19)21(17)25/h9-12,14,16H,3-8,13H2,1-2H3. The van der Waals surface area contributed by atoms with Crippen molar-refractivity contribution < 1.29 is 13.2 Å². The third-order valence-corrected chi connectivity index (χ3v) is 6.00. The predicted molar refractivity (Wildman–Crippen MR) is 103 cm³/mol. The molecule has 138 valence electrons. The molecule has 3 heteroatoms. The minimum atomic E-state index is -0.342. The summed E-state index contributed by atoms with van der Waals surface area (Å²) in [6.45, 7) is 4.22. The van der Waals surface area contributed by atoms with Crippen molar-refractivity contribution in [1.82, 2.24) is 0 Å². The van der Waals surface area contributed by atoms with Gasteiger partial charge >= 0.3 is 0 Å². The summed E-state index contributed by atoms with van der Waals surface area (Å²) >= 11 is 0. The molecule has 0 bridgehead atoms. The molecule has 0 radical (unpaired) electrons. The first-order chi connectivity index (χ1) is 12.6. The first-order valence-electron chi connectivity index (χ1n) is 9.96. The van der Waals surface area contributed by atoms with Crippen molar-refractivity contribution in [3.05, 3.63) is 47.0 Å². The van der Waals surface area contributed by atoms with Crippen LogP contribution in [0, 0.1) is 17.6 Å². The fourth-order valence-electron chi connectivity index (χ4n) is 4.70. The zero-order chi connectivity index (χ0) is 18.3. The lowest BCUT2D eigenvalue weighted by Crippen LogP contribution is -1.99. The molecule has 2 atom stereocenters. The minimum absolute atomic E-state index is 0.192. The van der Waals surface area contributed by atoms with Crippen molar-refractivity contribution in [2.45, 2.75) is 64.7 Å². The van der Waals surface area contributed by atoms with Crippen LogP contribution in [-0.4, -0.2) is 0 Å². The van der Waals surface area contributed by atoms with Crippen LogP contribution >= 0.6 is 0 Å². The zero-order valence-electron chi connectivity index (χ0n) is 15.6. The van der Waals surface area contributed by atoms with Crippen molar-refractivity contribution in [2.75, 3.05) is 0 Å². The van der Waals surface area contributed by atoms with E-state index in [9.17, 15) is 4.39 Å². The van der Waals surface area contributed by atoms with E-state index >= 15 is 4.39 Å². The van der Waals surface area contributed by atoms with Crippen molar-refractivity contribution in [2.24, 2.45) is 5.92 Å². The van der Waals surface area contributed by atoms with Gasteiger partial charge in [-0.2, -0.15) is 0 Å². The highest BCUT2D eigenvalue weighted by molar-refractivity contribution is 6.05. The zero-order valence-corrected chi connectivity index (χ0v) is 15.6. The van der Waals surface area contributed by atoms with Gasteiger partial charge in [-0.15, -0.1) is 0 Å². The molecule has 4 rings (SSSR count). The van der Waals surface area contributed by atoms with Gasteiger partial charge in [0, 0.05) is 10.8 Å². The van der Waals surface area contributed by atoms with Gasteiger partial charge in [-0.3, -0.25) is 0 Å². The van der Waals surface area contributed by atoms with Gasteiger partial charge in [0.15, 0.2) is 22.8 Å². The number of benzene rings is 2. The van der Waals surface area contributed by atoms with Crippen LogP contribution in [0.1, 0.15) is 69.4 Å². The molecule has 26 heavy (non-hydrogen) atoms. The maximum Gasteiger partial charge on any atom is 0.171 e. The molecule has 0 amide bonds. The number of aryl methyl sites for hydroxylation is 1. The molecular weight excluding hydrogens is 330 g/mol. The summed E-state index contributed by atoms with van der Waals surface area (Å²) in [6, 6.07) is 7.46. The Hall–Kier alpha value is -1.90. The lowest BCUT2D eigenvalue weighted by Gasteiger charge is -2.12. The molecule has 2 aromatic carbocycles. The summed E-state index contributed by atoms with van der Waals surface area (Å²) in [4.78, 5) is 0. The van der Waals surface area contributed by atoms with E-state index in [1.165, 1.54) is 19.3 Å². The van der Waals surface area contributed by atoms with Gasteiger partial charge in [0.1, 0.15) is 0 Å². The van der Waals surface area contributed by atoms with Crippen molar-refractivity contribution >= 4 is 21.9 Å². The number of hydrogen-bond donors (Lipinski definition) is 0. The highest BCUT2D eigenvalue weighted by atomic mass is 19.1. The Balaban J connectivity index is 1.78. The van der Waals surface area contributed by atoms with Gasteiger partial charge in [0.25, 0.3) is 0 Å². The fourth-order valence-corrected chi connectivity index (χ4v) is 4.70. The van der Waals surface area contributed by atoms with Gasteiger partial charge in [-0.05, 0) is 60.8 Å². The van der Waals surface area contributed by atoms with Crippen molar-refractivity contribution in [3.63, 3.8) is 0 Å². The quantitative estimate of drug-likeness (QED) is 0.461. The number of hydrogen-bond acceptors (Lipinski definition) is 1. The van der Waals surface area contributed by atoms with Crippen LogP contribution < -0.4 is 0 Å². The van der Waals surface area contributed by atoms with Crippen LogP contribution in [0.25, 0.3) is 21.9 Å². The van der Waals surface area contributed by atoms with E-state index in [2.05, 4.69) is 6.92 Å². The molecule has 1 heterocycles. The van der Waals surface area contributed by atoms with Gasteiger partial charge in [0.05, 0.1) is 0 Å². The maximum atomic E-state index is 15.2. The van der Waals surface area contributed by atoms with Crippen LogP contribution in [-0.2, 0) is 6.42 Å². The van der Waals surface area contributed by atoms with Gasteiger partial charge in [0.2, 0.25) is 0 Å². The van der Waals surface area contributed by atoms with Crippen LogP contribution in [0.5, 0.6) is 0 Å². The molecule has 1 nitrogen and oxygen atoms in total. The average Bonchev–Trinajstić information content (AvgIpc) is 3.24. The number of rotatable bonds is 5. The van der Waals surface area contributed by atoms with Gasteiger partial charge in [-0.25, -0.2) is 8.78 Å². The molecule has 1 aliphatic carbocycles. The molecule has 1 aromatic heterocycles. The normalized spacial score (nSPS) is 20.5. The fraction of sp³-hybridized carbons (Fsp3) is 0.478. The third-order valence-electron chi connectivity index (χ3n) is 6.00. The van der Waals surface area contributed by atoms with E-state index in [0.29, 0.717) is 28.7 Å². The summed E-state index contributed by atoms with van der Waals surface area (Å²) < 4.78 is 35.7. The molecule has 3 aromatic rings. The molecule has 0 spiro atoms. The maximum absolute atomic E-state index is 15.2. The Kier molecular flexibility index (Phi) is 4.73. The van der Waals surface area contributed by atoms with Crippen LogP contribution in [0.2, 0.25) is 0 Å². The second-order valence-corrected chi connectivity index (χ2v) is 7.78. The molecule has 0 aliphatic heterocycles. The summed E-state index contributed by atoms with van der Waals surface area (Å²) in [6.07, 6.45) is 7.17.